The summed E-state index contributed by atoms with van der Waals surface area (Å²) in [6.45, 7) is 4.35. The molecule has 1 atom stereocenters. The summed E-state index contributed by atoms with van der Waals surface area (Å²) >= 11 is 0. The van der Waals surface area contributed by atoms with Crippen molar-refractivity contribution in [1.29, 1.82) is 0 Å². The quantitative estimate of drug-likeness (QED) is 0.823. The van der Waals surface area contributed by atoms with Gasteiger partial charge in [-0.3, -0.25) is 4.79 Å². The van der Waals surface area contributed by atoms with E-state index in [-0.39, 0.29) is 17.6 Å². The highest BCUT2D eigenvalue weighted by atomic mass is 16.3. The molecule has 2 aromatic rings. The van der Waals surface area contributed by atoms with E-state index in [4.69, 9.17) is 10.2 Å². The van der Waals surface area contributed by atoms with Gasteiger partial charge in [0.2, 0.25) is 5.78 Å². The van der Waals surface area contributed by atoms with Crippen molar-refractivity contribution in [1.82, 2.24) is 0 Å². The van der Waals surface area contributed by atoms with E-state index in [1.165, 1.54) is 0 Å². The lowest BCUT2D eigenvalue weighted by Gasteiger charge is -2.15. The number of carbonyl (C=O) groups is 1. The maximum absolute atomic E-state index is 12.2. The fraction of sp³-hybridized carbons (Fsp3) is 0.357. The Morgan fingerprint density at radius 1 is 1.35 bits per heavy atom. The van der Waals surface area contributed by atoms with E-state index in [0.29, 0.717) is 12.3 Å². The van der Waals surface area contributed by atoms with Crippen LogP contribution in [0.4, 0.5) is 0 Å². The molecular weight excluding hydrogens is 214 g/mol. The number of fused-ring (bicyclic) bond motifs is 1. The van der Waals surface area contributed by atoms with Crippen molar-refractivity contribution in [2.24, 2.45) is 17.6 Å². The largest absolute Gasteiger partial charge is 0.453 e. The fourth-order valence-electron chi connectivity index (χ4n) is 1.97. The Labute approximate surface area is 101 Å². The molecule has 0 aliphatic heterocycles. The molecule has 17 heavy (non-hydrogen) atoms. The van der Waals surface area contributed by atoms with Gasteiger partial charge in [0.05, 0.1) is 0 Å². The summed E-state index contributed by atoms with van der Waals surface area (Å²) in [7, 11) is 0. The highest BCUT2D eigenvalue weighted by Gasteiger charge is 2.24. The SMILES string of the molecule is CC(C)C(CN)C(=O)c1cc2ccccc2o1. The monoisotopic (exact) mass is 231 g/mol. The molecule has 3 nitrogen and oxygen atoms in total. The van der Waals surface area contributed by atoms with Crippen LogP contribution in [-0.4, -0.2) is 12.3 Å². The van der Waals surface area contributed by atoms with E-state index in [1.807, 2.05) is 38.1 Å². The maximum atomic E-state index is 12.2. The molecule has 3 heteroatoms. The summed E-state index contributed by atoms with van der Waals surface area (Å²) in [5.74, 6) is 0.463. The molecule has 0 bridgehead atoms. The second-order valence-electron chi connectivity index (χ2n) is 4.60. The molecular formula is C14H17NO2. The van der Waals surface area contributed by atoms with Gasteiger partial charge in [-0.1, -0.05) is 32.0 Å². The number of furan rings is 1. The minimum atomic E-state index is -0.171. The van der Waals surface area contributed by atoms with Crippen LogP contribution < -0.4 is 5.73 Å². The summed E-state index contributed by atoms with van der Waals surface area (Å²) in [5.41, 5.74) is 6.39. The Bertz CT molecular complexity index is 495. The van der Waals surface area contributed by atoms with E-state index in [9.17, 15) is 4.79 Å². The lowest BCUT2D eigenvalue weighted by molar-refractivity contribution is 0.0865. The number of ketones is 1. The first-order chi connectivity index (χ1) is 8.13. The Balaban J connectivity index is 2.36. The zero-order chi connectivity index (χ0) is 12.4. The topological polar surface area (TPSA) is 56.2 Å². The Morgan fingerprint density at radius 2 is 2.06 bits per heavy atom. The summed E-state index contributed by atoms with van der Waals surface area (Å²) in [6, 6.07) is 9.40. The van der Waals surface area contributed by atoms with Crippen LogP contribution in [0.3, 0.4) is 0 Å². The first-order valence-corrected chi connectivity index (χ1v) is 5.86. The average Bonchev–Trinajstić information content (AvgIpc) is 2.72. The van der Waals surface area contributed by atoms with Crippen LogP contribution in [-0.2, 0) is 0 Å². The molecule has 2 N–H and O–H groups in total. The molecule has 1 aromatic carbocycles. The second-order valence-corrected chi connectivity index (χ2v) is 4.60. The highest BCUT2D eigenvalue weighted by molar-refractivity contribution is 5.99. The number of hydrogen-bond donors (Lipinski definition) is 1. The van der Waals surface area contributed by atoms with Crippen LogP contribution in [0.1, 0.15) is 24.4 Å². The zero-order valence-corrected chi connectivity index (χ0v) is 10.1. The van der Waals surface area contributed by atoms with Gasteiger partial charge in [-0.05, 0) is 18.1 Å². The third-order valence-electron chi connectivity index (χ3n) is 3.06. The molecule has 0 saturated heterocycles. The van der Waals surface area contributed by atoms with Gasteiger partial charge in [0.1, 0.15) is 5.58 Å². The van der Waals surface area contributed by atoms with Gasteiger partial charge in [-0.15, -0.1) is 0 Å². The van der Waals surface area contributed by atoms with Gasteiger partial charge in [0.15, 0.2) is 5.76 Å². The number of benzene rings is 1. The van der Waals surface area contributed by atoms with E-state index in [1.54, 1.807) is 6.07 Å². The first-order valence-electron chi connectivity index (χ1n) is 5.86. The van der Waals surface area contributed by atoms with Crippen molar-refractivity contribution < 1.29 is 9.21 Å². The van der Waals surface area contributed by atoms with E-state index < -0.39 is 0 Å². The molecule has 2 rings (SSSR count). The molecule has 90 valence electrons. The van der Waals surface area contributed by atoms with Crippen molar-refractivity contribution in [2.45, 2.75) is 13.8 Å². The zero-order valence-electron chi connectivity index (χ0n) is 10.1. The number of nitrogens with two attached hydrogens (primary N) is 1. The lowest BCUT2D eigenvalue weighted by Crippen LogP contribution is -2.28. The smallest absolute Gasteiger partial charge is 0.202 e. The maximum Gasteiger partial charge on any atom is 0.202 e. The molecule has 0 aliphatic rings. The van der Waals surface area contributed by atoms with Crippen LogP contribution in [0.25, 0.3) is 11.0 Å². The lowest BCUT2D eigenvalue weighted by atomic mass is 9.90. The Morgan fingerprint density at radius 3 is 2.65 bits per heavy atom. The number of rotatable bonds is 4. The Kier molecular flexibility index (Phi) is 3.29. The number of Topliss-reactive ketones (excluding diaryl/α,β-unsaturated/α-hetero) is 1. The highest BCUT2D eigenvalue weighted by Crippen LogP contribution is 2.23. The molecule has 0 spiro atoms. The summed E-state index contributed by atoms with van der Waals surface area (Å²) < 4.78 is 5.56. The van der Waals surface area contributed by atoms with Gasteiger partial charge in [-0.25, -0.2) is 0 Å². The molecule has 1 aromatic heterocycles. The van der Waals surface area contributed by atoms with Crippen LogP contribution in [0.5, 0.6) is 0 Å². The van der Waals surface area contributed by atoms with Crippen LogP contribution in [0, 0.1) is 11.8 Å². The molecule has 0 radical (unpaired) electrons. The van der Waals surface area contributed by atoms with E-state index in [2.05, 4.69) is 0 Å². The average molecular weight is 231 g/mol. The third-order valence-corrected chi connectivity index (χ3v) is 3.06. The third kappa shape index (κ3) is 2.24. The van der Waals surface area contributed by atoms with E-state index in [0.717, 1.165) is 11.0 Å². The fourth-order valence-corrected chi connectivity index (χ4v) is 1.97. The molecule has 1 heterocycles. The molecule has 0 fully saturated rings. The molecule has 0 amide bonds. The van der Waals surface area contributed by atoms with Gasteiger partial charge in [0.25, 0.3) is 0 Å². The number of para-hydroxylation sites is 1. The summed E-state index contributed by atoms with van der Waals surface area (Å²) in [5, 5.41) is 0.954. The van der Waals surface area contributed by atoms with Crippen molar-refractivity contribution in [3.05, 3.63) is 36.1 Å². The van der Waals surface area contributed by atoms with Crippen molar-refractivity contribution in [2.75, 3.05) is 6.54 Å². The predicted molar refractivity (Wildman–Crippen MR) is 67.9 cm³/mol. The van der Waals surface area contributed by atoms with Crippen molar-refractivity contribution in [3.63, 3.8) is 0 Å². The van der Waals surface area contributed by atoms with E-state index >= 15 is 0 Å². The first kappa shape index (κ1) is 11.9. The van der Waals surface area contributed by atoms with Gasteiger partial charge in [0, 0.05) is 17.8 Å². The Hall–Kier alpha value is -1.61. The molecule has 0 saturated carbocycles. The van der Waals surface area contributed by atoms with Crippen molar-refractivity contribution in [3.8, 4) is 0 Å². The second kappa shape index (κ2) is 4.72. The molecule has 0 aliphatic carbocycles. The summed E-state index contributed by atoms with van der Waals surface area (Å²) in [6.07, 6.45) is 0. The number of hydrogen-bond acceptors (Lipinski definition) is 3. The van der Waals surface area contributed by atoms with Gasteiger partial charge in [-0.2, -0.15) is 0 Å². The van der Waals surface area contributed by atoms with Crippen LogP contribution in [0.2, 0.25) is 0 Å². The van der Waals surface area contributed by atoms with Crippen molar-refractivity contribution >= 4 is 16.8 Å². The predicted octanol–water partition coefficient (Wildman–Crippen LogP) is 2.85. The van der Waals surface area contributed by atoms with Crippen LogP contribution in [0.15, 0.2) is 34.7 Å². The standard InChI is InChI=1S/C14H17NO2/c1-9(2)11(8-15)14(16)13-7-10-5-3-4-6-12(10)17-13/h3-7,9,11H,8,15H2,1-2H3. The summed E-state index contributed by atoms with van der Waals surface area (Å²) in [4.78, 5) is 12.2. The van der Waals surface area contributed by atoms with Gasteiger partial charge >= 0.3 is 0 Å². The van der Waals surface area contributed by atoms with Gasteiger partial charge < -0.3 is 10.2 Å². The van der Waals surface area contributed by atoms with Crippen LogP contribution >= 0.6 is 0 Å². The normalized spacial score (nSPS) is 13.2. The minimum Gasteiger partial charge on any atom is -0.453 e. The minimum absolute atomic E-state index is 0.00120. The number of carbonyl (C=O) groups excluding carboxylic acids is 1. The molecule has 1 unspecified atom stereocenters.